The maximum atomic E-state index is 2.52. The zero-order chi connectivity index (χ0) is 104. The van der Waals surface area contributed by atoms with E-state index in [1.165, 1.54) is 211 Å². The molecule has 0 bridgehead atoms. The molecule has 0 N–H and O–H groups in total. The van der Waals surface area contributed by atoms with Crippen molar-refractivity contribution in [3.05, 3.63) is 504 Å². The topological polar surface area (TPSA) is 0 Å². The van der Waals surface area contributed by atoms with Crippen molar-refractivity contribution in [3.8, 4) is 33.4 Å². The number of hydrogen-bond donors (Lipinski definition) is 0. The molecule has 0 heterocycles. The maximum absolute atomic E-state index is 2.52. The van der Waals surface area contributed by atoms with Gasteiger partial charge in [-0.15, -0.1) is 0 Å². The molecule has 0 radical (unpaired) electrons. The lowest BCUT2D eigenvalue weighted by Gasteiger charge is -2.29. The minimum absolute atomic E-state index is 0. The van der Waals surface area contributed by atoms with Gasteiger partial charge in [-0.3, -0.25) is 0 Å². The summed E-state index contributed by atoms with van der Waals surface area (Å²) in [7, 11) is -4.42. The predicted molar refractivity (Wildman–Crippen MR) is 679 cm³/mol. The van der Waals surface area contributed by atoms with Gasteiger partial charge in [0.2, 0.25) is 0 Å². The van der Waals surface area contributed by atoms with Crippen LogP contribution < -0.4 is 95.5 Å². The van der Waals surface area contributed by atoms with Crippen LogP contribution in [0.1, 0.15) is 225 Å². The standard InChI is InChI=1S/3C42H36P2.8C2H6.CH4.H/c3*1-5-17-33(18-6-1)43(34-19-7-2-8-20-34)39-29-27-31-15-13-25-37(31)41(39)42-38-26-14-16-32(38)28-30-40(42)44(35-21-9-3-10-22-35)36-23-11-4-12-24-36;8*1-2;;/h3*1-12,17-24,27-30H,13-16,25-26H2;8*1-2H3;1H4;/q;;;;;;;;;;;;-1. The Labute approximate surface area is 908 Å². The van der Waals surface area contributed by atoms with Crippen LogP contribution in [-0.2, 0) is 77.0 Å². The van der Waals surface area contributed by atoms with Gasteiger partial charge in [0.15, 0.2) is 0 Å². The second kappa shape index (κ2) is 60.0. The molecule has 6 heteroatoms. The summed E-state index contributed by atoms with van der Waals surface area (Å²) < 4.78 is 0. The van der Waals surface area contributed by atoms with Crippen LogP contribution in [0.2, 0.25) is 0 Å². The number of fused-ring (bicyclic) bond motifs is 6. The van der Waals surface area contributed by atoms with Crippen molar-refractivity contribution in [1.82, 2.24) is 0 Å². The highest BCUT2D eigenvalue weighted by Gasteiger charge is 2.38. The highest BCUT2D eigenvalue weighted by Crippen LogP contribution is 2.53. The van der Waals surface area contributed by atoms with E-state index >= 15 is 0 Å². The Hall–Kier alpha value is -11.5. The summed E-state index contributed by atoms with van der Waals surface area (Å²) in [6, 6.07) is 166. The second-order valence-corrected chi connectivity index (χ2v) is 48.9. The average molecular weight is 2070 g/mol. The van der Waals surface area contributed by atoms with Crippen LogP contribution in [0, 0.1) is 0 Å². The van der Waals surface area contributed by atoms with Gasteiger partial charge in [-0.05, 0) is 359 Å². The van der Waals surface area contributed by atoms with E-state index in [0.717, 1.165) is 0 Å². The fourth-order valence-electron chi connectivity index (χ4n) is 22.2. The van der Waals surface area contributed by atoms with Gasteiger partial charge >= 0.3 is 0 Å². The number of aryl methyl sites for hydroxylation is 6. The lowest BCUT2D eigenvalue weighted by Crippen LogP contribution is -2.27. The largest absolute Gasteiger partial charge is 1.00 e. The van der Waals surface area contributed by atoms with Gasteiger partial charge in [0.25, 0.3) is 0 Å². The molecular formula is C143H161P6-. The van der Waals surface area contributed by atoms with Crippen molar-refractivity contribution in [2.45, 2.75) is 234 Å². The molecule has 0 saturated carbocycles. The molecule has 0 spiro atoms. The number of rotatable bonds is 21. The maximum Gasteiger partial charge on any atom is -0.00559 e. The van der Waals surface area contributed by atoms with E-state index in [-0.39, 0.29) is 8.85 Å². The second-order valence-electron chi connectivity index (χ2n) is 35.7. The molecule has 0 aliphatic heterocycles. The van der Waals surface area contributed by atoms with Crippen molar-refractivity contribution in [3.63, 3.8) is 0 Å². The van der Waals surface area contributed by atoms with E-state index < -0.39 is 47.5 Å². The zero-order valence-electron chi connectivity index (χ0n) is 92.0. The van der Waals surface area contributed by atoms with Crippen LogP contribution >= 0.6 is 47.5 Å². The van der Waals surface area contributed by atoms with Crippen LogP contribution in [0.3, 0.4) is 0 Å². The number of hydrogen-bond acceptors (Lipinski definition) is 0. The first-order chi connectivity index (χ1) is 73.6. The van der Waals surface area contributed by atoms with Gasteiger partial charge in [-0.2, -0.15) is 0 Å². The normalized spacial score (nSPS) is 12.5. The summed E-state index contributed by atoms with van der Waals surface area (Å²) in [5, 5.41) is 26.3. The summed E-state index contributed by atoms with van der Waals surface area (Å²) in [5.41, 5.74) is 28.4. The van der Waals surface area contributed by atoms with Crippen LogP contribution in [0.5, 0.6) is 0 Å². The SMILES string of the molecule is C.CC.CC.CC.CC.CC.CC.CC.CC.[H-].c1ccc(P(c2ccccc2)c2ccc3c(c2-c2c(P(c4ccccc4)c4ccccc4)ccc4c2CCC4)CCC3)cc1.c1ccc(P(c2ccccc2)c2ccc3c(c2-c2c(P(c4ccccc4)c4ccccc4)ccc4c2CCC4)CCC3)cc1.c1ccc(P(c2ccccc2)c2ccc3c(c2-c2c(P(c4ccccc4)c4ccccc4)ccc4c2CCC4)CCC3)cc1. The minimum Gasteiger partial charge on any atom is -1.00 e. The molecule has 0 aromatic heterocycles. The van der Waals surface area contributed by atoms with E-state index in [0.29, 0.717) is 0 Å². The molecule has 0 atom stereocenters. The summed E-state index contributed by atoms with van der Waals surface area (Å²) in [6.07, 6.45) is 21.6. The van der Waals surface area contributed by atoms with Gasteiger partial charge in [0.05, 0.1) is 0 Å². The van der Waals surface area contributed by atoms with Gasteiger partial charge in [-0.1, -0.05) is 555 Å². The van der Waals surface area contributed by atoms with Crippen molar-refractivity contribution in [1.29, 1.82) is 0 Å². The van der Waals surface area contributed by atoms with E-state index in [9.17, 15) is 0 Å². The van der Waals surface area contributed by atoms with Crippen molar-refractivity contribution in [2.24, 2.45) is 0 Å². The Morgan fingerprint density at radius 2 is 0.215 bits per heavy atom. The molecule has 0 fully saturated rings. The molecule has 0 nitrogen and oxygen atoms in total. The Balaban J connectivity index is 0.000000185. The van der Waals surface area contributed by atoms with Gasteiger partial charge < -0.3 is 1.43 Å². The Bertz CT molecular complexity index is 5710. The smallest absolute Gasteiger partial charge is 0.00559 e. The first-order valence-corrected chi connectivity index (χ1v) is 64.0. The molecule has 18 aromatic rings. The Kier molecular flexibility index (Phi) is 46.1. The summed E-state index contributed by atoms with van der Waals surface area (Å²) in [4.78, 5) is 0. The lowest BCUT2D eigenvalue weighted by molar-refractivity contribution is 0.910. The van der Waals surface area contributed by atoms with Crippen molar-refractivity contribution >= 4 is 143 Å². The van der Waals surface area contributed by atoms with E-state index in [2.05, 4.69) is 437 Å². The molecule has 24 rings (SSSR count). The van der Waals surface area contributed by atoms with Crippen LogP contribution in [-0.4, -0.2) is 0 Å². The average Bonchev–Trinajstić information content (AvgIpc) is 1.47. The third-order valence-corrected chi connectivity index (χ3v) is 42.8. The number of benzene rings is 18. The molecule has 0 saturated heterocycles. The van der Waals surface area contributed by atoms with E-state index in [1.54, 1.807) is 100 Å². The predicted octanol–water partition coefficient (Wildman–Crippen LogP) is 32.5. The van der Waals surface area contributed by atoms with Crippen LogP contribution in [0.25, 0.3) is 33.4 Å². The lowest BCUT2D eigenvalue weighted by atomic mass is 9.91. The quantitative estimate of drug-likeness (QED) is 0.0629. The molecular weight excluding hydrogens is 1900 g/mol. The van der Waals surface area contributed by atoms with Gasteiger partial charge in [0, 0.05) is 0 Å². The molecule has 0 unspecified atom stereocenters. The molecule has 764 valence electrons. The summed E-state index contributed by atoms with van der Waals surface area (Å²) in [6.45, 7) is 32.0. The third-order valence-electron chi connectivity index (χ3n) is 27.9. The first kappa shape index (κ1) is 115. The highest BCUT2D eigenvalue weighted by atomic mass is 31.1. The molecule has 149 heavy (non-hydrogen) atoms. The minimum atomic E-state index is -0.737. The van der Waals surface area contributed by atoms with E-state index in [4.69, 9.17) is 0 Å². The third kappa shape index (κ3) is 26.3. The fourth-order valence-corrected chi connectivity index (χ4v) is 37.1. The van der Waals surface area contributed by atoms with Crippen molar-refractivity contribution in [2.75, 3.05) is 0 Å². The van der Waals surface area contributed by atoms with Crippen LogP contribution in [0.15, 0.2) is 437 Å². The van der Waals surface area contributed by atoms with Gasteiger partial charge in [0.1, 0.15) is 0 Å². The summed E-state index contributed by atoms with van der Waals surface area (Å²) in [5.74, 6) is 0. The Morgan fingerprint density at radius 3 is 0.309 bits per heavy atom. The molecule has 0 amide bonds. The van der Waals surface area contributed by atoms with Crippen molar-refractivity contribution < 1.29 is 1.43 Å². The first-order valence-electron chi connectivity index (χ1n) is 55.9. The molecule has 6 aliphatic carbocycles. The molecule has 18 aromatic carbocycles. The van der Waals surface area contributed by atoms with Gasteiger partial charge in [-0.25, -0.2) is 0 Å². The summed E-state index contributed by atoms with van der Waals surface area (Å²) >= 11 is 0. The zero-order valence-corrected chi connectivity index (χ0v) is 96.3. The highest BCUT2D eigenvalue weighted by molar-refractivity contribution is 7.82. The fraction of sp³-hybridized carbons (Fsp3) is 0.245. The monoisotopic (exact) mass is 2060 g/mol. The molecule has 6 aliphatic rings. The van der Waals surface area contributed by atoms with E-state index in [1.807, 2.05) is 111 Å². The Morgan fingerprint density at radius 1 is 0.121 bits per heavy atom. The van der Waals surface area contributed by atoms with Crippen LogP contribution in [0.4, 0.5) is 0 Å².